The normalized spacial score (nSPS) is 32.7. The lowest BCUT2D eigenvalue weighted by Crippen LogP contribution is -2.49. The summed E-state index contributed by atoms with van der Waals surface area (Å²) in [5.74, 6) is 1.80. The van der Waals surface area contributed by atoms with Gasteiger partial charge < -0.3 is 5.73 Å². The molecule has 2 fully saturated rings. The van der Waals surface area contributed by atoms with Crippen molar-refractivity contribution in [1.82, 2.24) is 4.90 Å². The lowest BCUT2D eigenvalue weighted by Gasteiger charge is -2.42. The fraction of sp³-hybridized carbons (Fsp3) is 1.00. The molecule has 0 saturated heterocycles. The van der Waals surface area contributed by atoms with Crippen molar-refractivity contribution in [3.05, 3.63) is 0 Å². The molecule has 2 nitrogen and oxygen atoms in total. The van der Waals surface area contributed by atoms with Crippen LogP contribution < -0.4 is 5.73 Å². The largest absolute Gasteiger partial charge is 0.329 e. The average molecular weight is 252 g/mol. The van der Waals surface area contributed by atoms with Crippen molar-refractivity contribution < 1.29 is 0 Å². The first-order valence-electron chi connectivity index (χ1n) is 8.14. The Morgan fingerprint density at radius 1 is 1.00 bits per heavy atom. The van der Waals surface area contributed by atoms with E-state index in [1.165, 1.54) is 57.8 Å². The molecule has 106 valence electrons. The zero-order valence-corrected chi connectivity index (χ0v) is 12.4. The lowest BCUT2D eigenvalue weighted by molar-refractivity contribution is 0.0799. The molecule has 0 aromatic rings. The van der Waals surface area contributed by atoms with Crippen molar-refractivity contribution in [2.75, 3.05) is 13.6 Å². The summed E-state index contributed by atoms with van der Waals surface area (Å²) in [5, 5.41) is 0. The first-order valence-corrected chi connectivity index (χ1v) is 8.14. The van der Waals surface area contributed by atoms with Crippen LogP contribution in [0.3, 0.4) is 0 Å². The van der Waals surface area contributed by atoms with Crippen LogP contribution in [0.4, 0.5) is 0 Å². The third-order valence-corrected chi connectivity index (χ3v) is 5.52. The first kappa shape index (κ1) is 14.3. The maximum Gasteiger partial charge on any atom is 0.0246 e. The van der Waals surface area contributed by atoms with Crippen LogP contribution in [0.2, 0.25) is 0 Å². The molecule has 1 atom stereocenters. The van der Waals surface area contributed by atoms with Crippen LogP contribution >= 0.6 is 0 Å². The Bertz CT molecular complexity index is 227. The monoisotopic (exact) mass is 252 g/mol. The predicted molar refractivity (Wildman–Crippen MR) is 78.6 cm³/mol. The highest BCUT2D eigenvalue weighted by atomic mass is 15.2. The van der Waals surface area contributed by atoms with E-state index in [9.17, 15) is 0 Å². The molecule has 0 aliphatic heterocycles. The van der Waals surface area contributed by atoms with Gasteiger partial charge in [0.25, 0.3) is 0 Å². The second-order valence-electron chi connectivity index (χ2n) is 6.78. The number of hydrogen-bond donors (Lipinski definition) is 1. The number of hydrogen-bond acceptors (Lipinski definition) is 2. The molecule has 0 radical (unpaired) electrons. The smallest absolute Gasteiger partial charge is 0.0246 e. The fourth-order valence-corrected chi connectivity index (χ4v) is 4.12. The Morgan fingerprint density at radius 2 is 1.61 bits per heavy atom. The van der Waals surface area contributed by atoms with Gasteiger partial charge >= 0.3 is 0 Å². The van der Waals surface area contributed by atoms with Crippen molar-refractivity contribution in [2.45, 2.75) is 76.8 Å². The molecule has 1 unspecified atom stereocenters. The second kappa shape index (κ2) is 6.91. The van der Waals surface area contributed by atoms with E-state index in [1.54, 1.807) is 0 Å². The van der Waals surface area contributed by atoms with Crippen LogP contribution in [0.25, 0.3) is 0 Å². The number of nitrogens with two attached hydrogens (primary N) is 1. The minimum Gasteiger partial charge on any atom is -0.329 e. The molecule has 0 spiro atoms. The highest BCUT2D eigenvalue weighted by Gasteiger charge is 2.31. The molecule has 2 N–H and O–H groups in total. The predicted octanol–water partition coefficient (Wildman–Crippen LogP) is 3.40. The Morgan fingerprint density at radius 3 is 2.17 bits per heavy atom. The van der Waals surface area contributed by atoms with Gasteiger partial charge in [-0.2, -0.15) is 0 Å². The highest BCUT2D eigenvalue weighted by Crippen LogP contribution is 2.33. The number of nitrogens with zero attached hydrogens (tertiary/aromatic N) is 1. The molecular weight excluding hydrogens is 220 g/mol. The summed E-state index contributed by atoms with van der Waals surface area (Å²) in [6.45, 7) is 3.25. The maximum absolute atomic E-state index is 6.10. The van der Waals surface area contributed by atoms with Gasteiger partial charge in [-0.1, -0.05) is 39.0 Å². The summed E-state index contributed by atoms with van der Waals surface area (Å²) < 4.78 is 0. The third-order valence-electron chi connectivity index (χ3n) is 5.52. The molecule has 0 aromatic carbocycles. The molecule has 2 rings (SSSR count). The van der Waals surface area contributed by atoms with Crippen LogP contribution in [-0.4, -0.2) is 30.6 Å². The molecule has 2 heteroatoms. The van der Waals surface area contributed by atoms with Gasteiger partial charge in [-0.05, 0) is 44.6 Å². The number of rotatable bonds is 4. The maximum atomic E-state index is 6.10. The lowest BCUT2D eigenvalue weighted by atomic mass is 9.78. The van der Waals surface area contributed by atoms with E-state index in [-0.39, 0.29) is 0 Å². The molecule has 0 heterocycles. The van der Waals surface area contributed by atoms with E-state index in [2.05, 4.69) is 18.9 Å². The van der Waals surface area contributed by atoms with E-state index < -0.39 is 0 Å². The van der Waals surface area contributed by atoms with Gasteiger partial charge in [0.05, 0.1) is 0 Å². The summed E-state index contributed by atoms with van der Waals surface area (Å²) in [4.78, 5) is 2.65. The van der Waals surface area contributed by atoms with Crippen LogP contribution in [0.1, 0.15) is 64.7 Å². The fourth-order valence-electron chi connectivity index (χ4n) is 4.12. The van der Waals surface area contributed by atoms with Crippen LogP contribution in [0, 0.1) is 11.8 Å². The minimum absolute atomic E-state index is 0.639. The van der Waals surface area contributed by atoms with E-state index >= 15 is 0 Å². The molecule has 18 heavy (non-hydrogen) atoms. The standard InChI is InChI=1S/C16H32N2/c1-13-8-10-14(11-9-13)16(12-17)18(2)15-6-4-3-5-7-15/h13-16H,3-12,17H2,1-2H3. The molecular formula is C16H32N2. The van der Waals surface area contributed by atoms with E-state index in [0.29, 0.717) is 6.04 Å². The number of likely N-dealkylation sites (N-methyl/N-ethyl adjacent to an activating group) is 1. The van der Waals surface area contributed by atoms with Crippen LogP contribution in [-0.2, 0) is 0 Å². The quantitative estimate of drug-likeness (QED) is 0.831. The first-order chi connectivity index (χ1) is 8.72. The van der Waals surface area contributed by atoms with Gasteiger partial charge in [-0.15, -0.1) is 0 Å². The molecule has 2 saturated carbocycles. The zero-order chi connectivity index (χ0) is 13.0. The molecule has 2 aliphatic rings. The Balaban J connectivity index is 1.90. The van der Waals surface area contributed by atoms with E-state index in [1.807, 2.05) is 0 Å². The van der Waals surface area contributed by atoms with Gasteiger partial charge in [0.15, 0.2) is 0 Å². The topological polar surface area (TPSA) is 29.3 Å². The molecule has 0 bridgehead atoms. The van der Waals surface area contributed by atoms with Gasteiger partial charge in [0, 0.05) is 18.6 Å². The Kier molecular flexibility index (Phi) is 5.50. The minimum atomic E-state index is 0.639. The zero-order valence-electron chi connectivity index (χ0n) is 12.4. The van der Waals surface area contributed by atoms with Gasteiger partial charge in [-0.25, -0.2) is 0 Å². The van der Waals surface area contributed by atoms with E-state index in [0.717, 1.165) is 24.4 Å². The summed E-state index contributed by atoms with van der Waals surface area (Å²) >= 11 is 0. The highest BCUT2D eigenvalue weighted by molar-refractivity contribution is 4.86. The molecule has 0 amide bonds. The van der Waals surface area contributed by atoms with Gasteiger partial charge in [0.2, 0.25) is 0 Å². The SMILES string of the molecule is CC1CCC(C(CN)N(C)C2CCCCC2)CC1. The van der Waals surface area contributed by atoms with Crippen molar-refractivity contribution in [1.29, 1.82) is 0 Å². The molecule has 0 aromatic heterocycles. The third kappa shape index (κ3) is 3.48. The summed E-state index contributed by atoms with van der Waals surface area (Å²) in [5.41, 5.74) is 6.10. The Labute approximate surface area is 113 Å². The Hall–Kier alpha value is -0.0800. The van der Waals surface area contributed by atoms with Crippen molar-refractivity contribution in [3.8, 4) is 0 Å². The van der Waals surface area contributed by atoms with Crippen molar-refractivity contribution in [3.63, 3.8) is 0 Å². The average Bonchev–Trinajstić information content (AvgIpc) is 2.42. The van der Waals surface area contributed by atoms with Gasteiger partial charge in [0.1, 0.15) is 0 Å². The summed E-state index contributed by atoms with van der Waals surface area (Å²) in [6.07, 6.45) is 12.7. The van der Waals surface area contributed by atoms with Crippen LogP contribution in [0.15, 0.2) is 0 Å². The molecule has 2 aliphatic carbocycles. The van der Waals surface area contributed by atoms with Crippen molar-refractivity contribution in [2.24, 2.45) is 17.6 Å². The summed E-state index contributed by atoms with van der Waals surface area (Å²) in [7, 11) is 2.34. The van der Waals surface area contributed by atoms with Crippen LogP contribution in [0.5, 0.6) is 0 Å². The van der Waals surface area contributed by atoms with E-state index in [4.69, 9.17) is 5.73 Å². The van der Waals surface area contributed by atoms with Gasteiger partial charge in [-0.3, -0.25) is 4.90 Å². The summed E-state index contributed by atoms with van der Waals surface area (Å²) in [6, 6.07) is 1.45. The van der Waals surface area contributed by atoms with Crippen molar-refractivity contribution >= 4 is 0 Å². The second-order valence-corrected chi connectivity index (χ2v) is 6.78.